The van der Waals surface area contributed by atoms with Gasteiger partial charge in [0.05, 0.1) is 33.2 Å². The molecule has 0 saturated carbocycles. The Labute approximate surface area is 182 Å². The first kappa shape index (κ1) is 10.8. The normalized spacial score (nSPS) is 16.6. The maximum absolute atomic E-state index is 13.1. The number of esters is 1. The smallest absolute Gasteiger partial charge is 0.343 e. The minimum atomic E-state index is -3.08. The molecule has 0 atom stereocenters. The first-order valence-electron chi connectivity index (χ1n) is 13.2. The zero-order valence-electron chi connectivity index (χ0n) is 25.2. The maximum atomic E-state index is 13.1. The highest BCUT2D eigenvalue weighted by Crippen LogP contribution is 2.35. The van der Waals surface area contributed by atoms with E-state index in [9.17, 15) is 14.4 Å². The predicted molar refractivity (Wildman–Crippen MR) is 108 cm³/mol. The van der Waals surface area contributed by atoms with E-state index in [1.165, 1.54) is 18.2 Å². The van der Waals surface area contributed by atoms with Crippen LogP contribution in [0.15, 0.2) is 48.4 Å². The number of rotatable bonds is 8. The third kappa shape index (κ3) is 3.99. The summed E-state index contributed by atoms with van der Waals surface area (Å²) >= 11 is 0. The molecule has 0 aliphatic rings. The van der Waals surface area contributed by atoms with Gasteiger partial charge < -0.3 is 19.8 Å². The van der Waals surface area contributed by atoms with Crippen LogP contribution in [-0.2, 0) is 27.2 Å². The van der Waals surface area contributed by atoms with Gasteiger partial charge in [-0.25, -0.2) is 4.79 Å². The van der Waals surface area contributed by atoms with Crippen molar-refractivity contribution in [2.45, 2.75) is 19.8 Å². The molecule has 0 saturated heterocycles. The first-order valence-corrected chi connectivity index (χ1v) is 8.23. The molecule has 2 N–H and O–H groups in total. The van der Waals surface area contributed by atoms with Gasteiger partial charge in [0.25, 0.3) is 11.7 Å². The van der Waals surface area contributed by atoms with Crippen molar-refractivity contribution in [1.29, 1.82) is 0 Å². The molecule has 0 fully saturated rings. The number of hydrogen-bond acceptors (Lipinski definition) is 5. The first-order chi connectivity index (χ1) is 18.0. The summed E-state index contributed by atoms with van der Waals surface area (Å²) in [6.45, 7) is -6.60. The highest BCUT2D eigenvalue weighted by molar-refractivity contribution is 6.45. The second kappa shape index (κ2) is 8.60. The van der Waals surface area contributed by atoms with Crippen molar-refractivity contribution in [2.24, 2.45) is 5.73 Å². The van der Waals surface area contributed by atoms with Gasteiger partial charge in [-0.1, -0.05) is 43.1 Å². The number of amides is 1. The molecule has 0 spiro atoms. The van der Waals surface area contributed by atoms with Crippen LogP contribution in [0.1, 0.15) is 42.2 Å². The van der Waals surface area contributed by atoms with Gasteiger partial charge in [0.2, 0.25) is 0 Å². The molecule has 3 aromatic rings. The highest BCUT2D eigenvalue weighted by Gasteiger charge is 2.27. The number of nitrogens with zero attached hydrogens (tertiary/aromatic N) is 1. The molecular weight excluding hydrogens is 372 g/mol. The number of methoxy groups -OCH3 is 1. The Hall–Kier alpha value is -3.61. The van der Waals surface area contributed by atoms with Crippen LogP contribution in [0, 0.1) is 0 Å². The van der Waals surface area contributed by atoms with E-state index in [-0.39, 0.29) is 16.7 Å². The van der Waals surface area contributed by atoms with Crippen molar-refractivity contribution in [3.8, 4) is 5.75 Å². The van der Waals surface area contributed by atoms with E-state index in [2.05, 4.69) is 4.74 Å². The lowest BCUT2D eigenvalue weighted by Gasteiger charge is -2.11. The number of carbonyl (C=O) groups excluding carboxylic acids is 3. The van der Waals surface area contributed by atoms with Gasteiger partial charge in [-0.3, -0.25) is 9.59 Å². The van der Waals surface area contributed by atoms with Crippen LogP contribution in [0.25, 0.3) is 10.9 Å². The minimum absolute atomic E-state index is 0.232. The molecule has 7 nitrogen and oxygen atoms in total. The predicted octanol–water partition coefficient (Wildman–Crippen LogP) is 2.47. The van der Waals surface area contributed by atoms with Crippen molar-refractivity contribution in [3.63, 3.8) is 0 Å². The Morgan fingerprint density at radius 1 is 1.24 bits per heavy atom. The van der Waals surface area contributed by atoms with Crippen LogP contribution >= 0.6 is 0 Å². The molecule has 0 radical (unpaired) electrons. The van der Waals surface area contributed by atoms with Gasteiger partial charge in [-0.15, -0.1) is 0 Å². The topological polar surface area (TPSA) is 101 Å². The van der Waals surface area contributed by atoms with E-state index in [1.807, 2.05) is 0 Å². The molecule has 1 heterocycles. The summed E-state index contributed by atoms with van der Waals surface area (Å²) in [6, 6.07) is -0.463. The maximum Gasteiger partial charge on any atom is 0.343 e. The summed E-state index contributed by atoms with van der Waals surface area (Å²) in [7, 11) is 1.09. The number of nitrogens with two attached hydrogens (primary N) is 1. The zero-order chi connectivity index (χ0) is 29.6. The quantitative estimate of drug-likeness (QED) is 0.353. The van der Waals surface area contributed by atoms with Gasteiger partial charge in [0.15, 0.2) is 6.61 Å². The average Bonchev–Trinajstić information content (AvgIpc) is 3.17. The fourth-order valence-electron chi connectivity index (χ4n) is 2.76. The van der Waals surface area contributed by atoms with Gasteiger partial charge in [0.1, 0.15) is 5.75 Å². The number of Topliss-reactive ketones (excluding diaryl/α,β-unsaturated/α-hetero) is 1. The van der Waals surface area contributed by atoms with Crippen LogP contribution in [-0.4, -0.2) is 35.9 Å². The van der Waals surface area contributed by atoms with Crippen molar-refractivity contribution < 1.29 is 37.6 Å². The number of aromatic nitrogens is 1. The molecule has 3 rings (SSSR count). The summed E-state index contributed by atoms with van der Waals surface area (Å²) in [4.78, 5) is 36.8. The van der Waals surface area contributed by atoms with E-state index in [4.69, 9.17) is 24.2 Å². The fraction of sp³-hybridized carbons (Fsp3) is 0.227. The van der Waals surface area contributed by atoms with Crippen LogP contribution < -0.4 is 10.5 Å². The third-order valence-corrected chi connectivity index (χ3v) is 3.97. The largest absolute Gasteiger partial charge is 0.481 e. The van der Waals surface area contributed by atoms with Crippen molar-refractivity contribution in [3.05, 3.63) is 65.2 Å². The molecule has 0 aliphatic carbocycles. The summed E-state index contributed by atoms with van der Waals surface area (Å²) in [6.07, 6.45) is -0.995. The van der Waals surface area contributed by atoms with Gasteiger partial charge in [0, 0.05) is 16.3 Å². The molecule has 29 heavy (non-hydrogen) atoms. The van der Waals surface area contributed by atoms with Crippen LogP contribution in [0.5, 0.6) is 5.75 Å². The Morgan fingerprint density at radius 2 is 2.00 bits per heavy atom. The van der Waals surface area contributed by atoms with Crippen LogP contribution in [0.4, 0.5) is 0 Å². The summed E-state index contributed by atoms with van der Waals surface area (Å²) in [5.41, 5.74) is 2.95. The molecule has 7 heteroatoms. The van der Waals surface area contributed by atoms with Crippen LogP contribution in [0.3, 0.4) is 0 Å². The number of benzene rings is 2. The number of ether oxygens (including phenoxy) is 2. The Morgan fingerprint density at radius 3 is 2.66 bits per heavy atom. The lowest BCUT2D eigenvalue weighted by atomic mass is 10.0. The average molecular weight is 404 g/mol. The molecule has 2 aromatic carbocycles. The van der Waals surface area contributed by atoms with E-state index in [0.29, 0.717) is 4.57 Å². The monoisotopic (exact) mass is 404 g/mol. The van der Waals surface area contributed by atoms with E-state index in [1.54, 1.807) is 0 Å². The third-order valence-electron chi connectivity index (χ3n) is 3.97. The lowest BCUT2D eigenvalue weighted by Crippen LogP contribution is -2.24. The van der Waals surface area contributed by atoms with Gasteiger partial charge >= 0.3 is 5.97 Å². The summed E-state index contributed by atoms with van der Waals surface area (Å²) in [5.74, 6) is -3.97. The number of carbonyl (C=O) groups is 3. The summed E-state index contributed by atoms with van der Waals surface area (Å²) < 4.78 is 92.3. The molecule has 1 amide bonds. The second-order valence-corrected chi connectivity index (χ2v) is 5.65. The minimum Gasteiger partial charge on any atom is -0.481 e. The van der Waals surface area contributed by atoms with E-state index >= 15 is 0 Å². The Balaban J connectivity index is 2.56. The SMILES string of the molecule is [2H]c1c([2H])c([2H])c(C([2H])([2H])n2c(CC([2H])([2H])[2H])c(C(=O)C(N)=O)c3c(OCC(=O)OC)cccc32)c([2H])c1[2H]. The lowest BCUT2D eigenvalue weighted by molar-refractivity contribution is -0.142. The number of primary amides is 1. The summed E-state index contributed by atoms with van der Waals surface area (Å²) in [5, 5.41) is -0.277. The Kier molecular flexibility index (Phi) is 3.20. The van der Waals surface area contributed by atoms with E-state index < -0.39 is 91.1 Å². The molecule has 0 bridgehead atoms. The fourth-order valence-corrected chi connectivity index (χ4v) is 2.76. The van der Waals surface area contributed by atoms with Crippen molar-refractivity contribution >= 4 is 28.6 Å². The molecule has 1 aromatic heterocycles. The number of hydrogen-bond donors (Lipinski definition) is 1. The van der Waals surface area contributed by atoms with Crippen molar-refractivity contribution in [1.82, 2.24) is 4.57 Å². The van der Waals surface area contributed by atoms with Crippen molar-refractivity contribution in [2.75, 3.05) is 13.7 Å². The zero-order valence-corrected chi connectivity index (χ0v) is 15.2. The molecular formula is C22H22N2O5. The van der Waals surface area contributed by atoms with Crippen LogP contribution in [0.2, 0.25) is 0 Å². The number of ketones is 1. The highest BCUT2D eigenvalue weighted by atomic mass is 16.6. The molecule has 150 valence electrons. The molecule has 0 unspecified atom stereocenters. The number of fused-ring (bicyclic) bond motifs is 1. The van der Waals surface area contributed by atoms with E-state index in [0.717, 1.165) is 7.11 Å². The Bertz CT molecular complexity index is 1480. The van der Waals surface area contributed by atoms with Gasteiger partial charge in [-0.2, -0.15) is 0 Å². The second-order valence-electron chi connectivity index (χ2n) is 5.65. The standard InChI is InChI=1S/C22H22N2O5/c1-3-15-20(21(26)22(23)27)19-16(24(15)12-14-8-5-4-6-9-14)10-7-11-17(19)29-13-18(25)28-2/h4-11H,3,12-13H2,1-2H3,(H2,23,27)/i1D3,4D,5D,6D,8D,9D,12D2. The molecule has 0 aliphatic heterocycles. The van der Waals surface area contributed by atoms with Gasteiger partial charge in [-0.05, 0) is 24.1 Å².